The Hall–Kier alpha value is -1.57. The predicted molar refractivity (Wildman–Crippen MR) is 95.1 cm³/mol. The molecule has 0 saturated heterocycles. The summed E-state index contributed by atoms with van der Waals surface area (Å²) < 4.78 is 39.8. The van der Waals surface area contributed by atoms with Crippen molar-refractivity contribution >= 4 is 26.0 Å². The number of fused-ring (bicyclic) bond motifs is 1. The fourth-order valence-electron chi connectivity index (χ4n) is 2.64. The molecule has 128 valence electrons. The Morgan fingerprint density at radius 3 is 2.71 bits per heavy atom. The molecule has 1 unspecified atom stereocenters. The first-order valence-electron chi connectivity index (χ1n) is 7.65. The van der Waals surface area contributed by atoms with Crippen LogP contribution in [0.5, 0.6) is 11.5 Å². The van der Waals surface area contributed by atoms with E-state index in [2.05, 4.69) is 20.7 Å². The molecule has 2 aromatic carbocycles. The average Bonchev–Trinajstić information content (AvgIpc) is 2.55. The van der Waals surface area contributed by atoms with Gasteiger partial charge in [0, 0.05) is 4.47 Å². The van der Waals surface area contributed by atoms with Gasteiger partial charge in [-0.15, -0.1) is 0 Å². The van der Waals surface area contributed by atoms with Crippen LogP contribution in [-0.2, 0) is 16.4 Å². The molecule has 0 bridgehead atoms. The lowest BCUT2D eigenvalue weighted by Gasteiger charge is -2.27. The molecule has 0 spiro atoms. The van der Waals surface area contributed by atoms with Crippen LogP contribution in [-0.4, -0.2) is 27.7 Å². The van der Waals surface area contributed by atoms with Gasteiger partial charge in [0.05, 0.1) is 17.5 Å². The minimum Gasteiger partial charge on any atom is -0.490 e. The number of ether oxygens (including phenoxy) is 2. The van der Waals surface area contributed by atoms with Crippen LogP contribution in [0, 0.1) is 0 Å². The lowest BCUT2D eigenvalue weighted by Crippen LogP contribution is -2.42. The number of para-hydroxylation sites is 1. The van der Waals surface area contributed by atoms with Gasteiger partial charge in [0.15, 0.2) is 11.5 Å². The van der Waals surface area contributed by atoms with Crippen LogP contribution in [0.15, 0.2) is 51.8 Å². The standard InChI is InChI=1S/C17H18BrNO4S/c1-2-22-16-5-3-4-12-10-14(11-23-17(12)16)19-24(20,21)15-8-6-13(18)7-9-15/h3-9,14,19H,2,10-11H2,1H3. The van der Waals surface area contributed by atoms with Gasteiger partial charge in [-0.3, -0.25) is 0 Å². The highest BCUT2D eigenvalue weighted by atomic mass is 79.9. The summed E-state index contributed by atoms with van der Waals surface area (Å²) in [5.41, 5.74) is 0.940. The van der Waals surface area contributed by atoms with Crippen molar-refractivity contribution in [2.45, 2.75) is 24.3 Å². The van der Waals surface area contributed by atoms with E-state index in [-0.39, 0.29) is 17.5 Å². The summed E-state index contributed by atoms with van der Waals surface area (Å²) in [5.74, 6) is 1.41. The van der Waals surface area contributed by atoms with Crippen molar-refractivity contribution in [1.82, 2.24) is 4.72 Å². The Bertz CT molecular complexity index is 821. The molecule has 24 heavy (non-hydrogen) atoms. The second-order valence-electron chi connectivity index (χ2n) is 5.46. The smallest absolute Gasteiger partial charge is 0.240 e. The Labute approximate surface area is 150 Å². The first-order valence-corrected chi connectivity index (χ1v) is 9.92. The fourth-order valence-corrected chi connectivity index (χ4v) is 4.13. The monoisotopic (exact) mass is 411 g/mol. The van der Waals surface area contributed by atoms with Gasteiger partial charge in [-0.25, -0.2) is 13.1 Å². The van der Waals surface area contributed by atoms with E-state index < -0.39 is 10.0 Å². The molecular formula is C17H18BrNO4S. The second kappa shape index (κ2) is 7.13. The van der Waals surface area contributed by atoms with Crippen LogP contribution >= 0.6 is 15.9 Å². The molecule has 3 rings (SSSR count). The maximum Gasteiger partial charge on any atom is 0.240 e. The number of hydrogen-bond donors (Lipinski definition) is 1. The summed E-state index contributed by atoms with van der Waals surface area (Å²) in [6, 6.07) is 11.9. The number of rotatable bonds is 5. The molecule has 0 aliphatic carbocycles. The second-order valence-corrected chi connectivity index (χ2v) is 8.09. The van der Waals surface area contributed by atoms with E-state index in [9.17, 15) is 8.42 Å². The summed E-state index contributed by atoms with van der Waals surface area (Å²) in [5, 5.41) is 0. The lowest BCUT2D eigenvalue weighted by molar-refractivity contribution is 0.233. The van der Waals surface area contributed by atoms with Crippen molar-refractivity contribution in [3.05, 3.63) is 52.5 Å². The van der Waals surface area contributed by atoms with Crippen molar-refractivity contribution in [2.24, 2.45) is 0 Å². The third-order valence-electron chi connectivity index (χ3n) is 3.70. The molecular weight excluding hydrogens is 394 g/mol. The molecule has 5 nitrogen and oxygen atoms in total. The van der Waals surface area contributed by atoms with Crippen molar-refractivity contribution < 1.29 is 17.9 Å². The number of sulfonamides is 1. The zero-order chi connectivity index (χ0) is 17.2. The molecule has 0 amide bonds. The van der Waals surface area contributed by atoms with Crippen molar-refractivity contribution in [3.63, 3.8) is 0 Å². The van der Waals surface area contributed by atoms with E-state index in [0.29, 0.717) is 24.5 Å². The molecule has 1 aliphatic rings. The predicted octanol–water partition coefficient (Wildman–Crippen LogP) is 3.13. The molecule has 2 aromatic rings. The Morgan fingerprint density at radius 2 is 2.00 bits per heavy atom. The van der Waals surface area contributed by atoms with Gasteiger partial charge in [-0.05, 0) is 49.2 Å². The van der Waals surface area contributed by atoms with Gasteiger partial charge >= 0.3 is 0 Å². The van der Waals surface area contributed by atoms with Crippen LogP contribution in [0.25, 0.3) is 0 Å². The Kier molecular flexibility index (Phi) is 5.12. The molecule has 0 radical (unpaired) electrons. The highest BCUT2D eigenvalue weighted by Crippen LogP contribution is 2.35. The minimum absolute atomic E-state index is 0.236. The van der Waals surface area contributed by atoms with Crippen LogP contribution in [0.2, 0.25) is 0 Å². The van der Waals surface area contributed by atoms with E-state index in [0.717, 1.165) is 10.0 Å². The summed E-state index contributed by atoms with van der Waals surface area (Å²) >= 11 is 3.30. The quantitative estimate of drug-likeness (QED) is 0.820. The maximum absolute atomic E-state index is 12.5. The lowest BCUT2D eigenvalue weighted by atomic mass is 10.0. The van der Waals surface area contributed by atoms with Gasteiger partial charge in [0.2, 0.25) is 10.0 Å². The van der Waals surface area contributed by atoms with E-state index in [1.807, 2.05) is 25.1 Å². The fraction of sp³-hybridized carbons (Fsp3) is 0.294. The zero-order valence-electron chi connectivity index (χ0n) is 13.2. The summed E-state index contributed by atoms with van der Waals surface area (Å²) in [7, 11) is -3.58. The normalized spacial score (nSPS) is 17.0. The zero-order valence-corrected chi connectivity index (χ0v) is 15.6. The Morgan fingerprint density at radius 1 is 1.25 bits per heavy atom. The molecule has 0 saturated carbocycles. The van der Waals surface area contributed by atoms with Crippen LogP contribution < -0.4 is 14.2 Å². The molecule has 1 N–H and O–H groups in total. The third-order valence-corrected chi connectivity index (χ3v) is 5.77. The van der Waals surface area contributed by atoms with E-state index >= 15 is 0 Å². The molecule has 1 aliphatic heterocycles. The van der Waals surface area contributed by atoms with Crippen molar-refractivity contribution in [3.8, 4) is 11.5 Å². The average molecular weight is 412 g/mol. The number of halogens is 1. The first kappa shape index (κ1) is 17.3. The Balaban J connectivity index is 1.76. The van der Waals surface area contributed by atoms with Gasteiger partial charge in [0.25, 0.3) is 0 Å². The van der Waals surface area contributed by atoms with Gasteiger partial charge < -0.3 is 9.47 Å². The van der Waals surface area contributed by atoms with Gasteiger partial charge in [-0.1, -0.05) is 28.1 Å². The van der Waals surface area contributed by atoms with E-state index in [1.165, 1.54) is 0 Å². The third kappa shape index (κ3) is 3.74. The first-order chi connectivity index (χ1) is 11.5. The van der Waals surface area contributed by atoms with Gasteiger partial charge in [-0.2, -0.15) is 0 Å². The van der Waals surface area contributed by atoms with E-state index in [4.69, 9.17) is 9.47 Å². The van der Waals surface area contributed by atoms with Crippen LogP contribution in [0.1, 0.15) is 12.5 Å². The molecule has 1 atom stereocenters. The van der Waals surface area contributed by atoms with Crippen molar-refractivity contribution in [1.29, 1.82) is 0 Å². The number of benzene rings is 2. The molecule has 7 heteroatoms. The topological polar surface area (TPSA) is 64.6 Å². The highest BCUT2D eigenvalue weighted by molar-refractivity contribution is 9.10. The molecule has 0 fully saturated rings. The highest BCUT2D eigenvalue weighted by Gasteiger charge is 2.27. The van der Waals surface area contributed by atoms with Crippen LogP contribution in [0.4, 0.5) is 0 Å². The summed E-state index contributed by atoms with van der Waals surface area (Å²) in [4.78, 5) is 0.236. The number of nitrogens with one attached hydrogen (secondary N) is 1. The largest absolute Gasteiger partial charge is 0.490 e. The summed E-state index contributed by atoms with van der Waals surface area (Å²) in [6.45, 7) is 2.74. The van der Waals surface area contributed by atoms with E-state index in [1.54, 1.807) is 24.3 Å². The molecule has 1 heterocycles. The van der Waals surface area contributed by atoms with Gasteiger partial charge in [0.1, 0.15) is 6.61 Å². The van der Waals surface area contributed by atoms with Crippen LogP contribution in [0.3, 0.4) is 0 Å². The maximum atomic E-state index is 12.5. The molecule has 0 aromatic heterocycles. The minimum atomic E-state index is -3.58. The number of hydrogen-bond acceptors (Lipinski definition) is 4. The van der Waals surface area contributed by atoms with Crippen molar-refractivity contribution in [2.75, 3.05) is 13.2 Å². The summed E-state index contributed by atoms with van der Waals surface area (Å²) in [6.07, 6.45) is 0.562. The SMILES string of the molecule is CCOc1cccc2c1OCC(NS(=O)(=O)c1ccc(Br)cc1)C2.